The number of nitrogen functional groups attached to an aromatic ring is 1. The van der Waals surface area contributed by atoms with Gasteiger partial charge in [0.15, 0.2) is 0 Å². The molecule has 1 aliphatic rings. The van der Waals surface area contributed by atoms with E-state index in [0.717, 1.165) is 31.0 Å². The van der Waals surface area contributed by atoms with Gasteiger partial charge in [0.05, 0.1) is 16.8 Å². The number of amides is 1. The zero-order chi connectivity index (χ0) is 14.5. The van der Waals surface area contributed by atoms with E-state index in [9.17, 15) is 4.79 Å². The van der Waals surface area contributed by atoms with Crippen LogP contribution in [0, 0.1) is 5.92 Å². The molecule has 112 valence electrons. The van der Waals surface area contributed by atoms with Gasteiger partial charge in [-0.25, -0.2) is 0 Å². The summed E-state index contributed by atoms with van der Waals surface area (Å²) in [6, 6.07) is 1.84. The monoisotopic (exact) mass is 297 g/mol. The zero-order valence-electron chi connectivity index (χ0n) is 12.1. The second-order valence-electron chi connectivity index (χ2n) is 5.00. The lowest BCUT2D eigenvalue weighted by atomic mass is 10.00. The van der Waals surface area contributed by atoms with Crippen molar-refractivity contribution < 1.29 is 9.53 Å². The predicted octanol–water partition coefficient (Wildman–Crippen LogP) is 2.31. The minimum absolute atomic E-state index is 0.0984. The summed E-state index contributed by atoms with van der Waals surface area (Å²) in [5.74, 6) is 0.440. The first-order valence-electron chi connectivity index (χ1n) is 7.18. The van der Waals surface area contributed by atoms with Gasteiger partial charge < -0.3 is 21.1 Å². The number of hydrogen-bond donors (Lipinski definition) is 3. The van der Waals surface area contributed by atoms with Crippen LogP contribution < -0.4 is 16.4 Å². The van der Waals surface area contributed by atoms with Gasteiger partial charge >= 0.3 is 0 Å². The molecule has 0 aromatic carbocycles. The average molecular weight is 297 g/mol. The van der Waals surface area contributed by atoms with Crippen LogP contribution in [0.25, 0.3) is 0 Å². The van der Waals surface area contributed by atoms with Crippen molar-refractivity contribution in [1.29, 1.82) is 0 Å². The summed E-state index contributed by atoms with van der Waals surface area (Å²) < 4.78 is 5.68. The molecular formula is C14H23N3O2S. The van der Waals surface area contributed by atoms with Gasteiger partial charge in [-0.1, -0.05) is 6.92 Å². The fraction of sp³-hybridized carbons (Fsp3) is 0.643. The number of rotatable bonds is 6. The maximum absolute atomic E-state index is 11.8. The molecule has 0 spiro atoms. The van der Waals surface area contributed by atoms with E-state index < -0.39 is 0 Å². The van der Waals surface area contributed by atoms with Crippen molar-refractivity contribution in [1.82, 2.24) is 5.32 Å². The van der Waals surface area contributed by atoms with Gasteiger partial charge in [0.25, 0.3) is 5.91 Å². The Morgan fingerprint density at radius 3 is 3.05 bits per heavy atom. The van der Waals surface area contributed by atoms with Gasteiger partial charge in [0.1, 0.15) is 4.88 Å². The van der Waals surface area contributed by atoms with Crippen molar-refractivity contribution >= 4 is 27.9 Å². The molecule has 6 heteroatoms. The van der Waals surface area contributed by atoms with Crippen molar-refractivity contribution in [2.24, 2.45) is 5.92 Å². The molecule has 1 amide bonds. The standard InChI is InChI=1S/C14H23N3O2S/c1-3-11-9(5-6-19-11)8-17-12-7-10(15)13(20-12)14(18)16-4-2/h7,9,11,17H,3-6,8,15H2,1-2H3,(H,16,18). The number of carbonyl (C=O) groups excluding carboxylic acids is 1. The third-order valence-electron chi connectivity index (χ3n) is 3.59. The molecule has 0 radical (unpaired) electrons. The van der Waals surface area contributed by atoms with E-state index >= 15 is 0 Å². The molecule has 2 atom stereocenters. The number of thiophene rings is 1. The Labute approximate surface area is 123 Å². The summed E-state index contributed by atoms with van der Waals surface area (Å²) in [7, 11) is 0. The van der Waals surface area contributed by atoms with Crippen molar-refractivity contribution in [2.75, 3.05) is 30.7 Å². The van der Waals surface area contributed by atoms with E-state index in [4.69, 9.17) is 10.5 Å². The minimum Gasteiger partial charge on any atom is -0.397 e. The molecule has 2 heterocycles. The minimum atomic E-state index is -0.0984. The maximum atomic E-state index is 11.8. The van der Waals surface area contributed by atoms with E-state index in [1.807, 2.05) is 13.0 Å². The quantitative estimate of drug-likeness (QED) is 0.753. The molecule has 0 saturated carbocycles. The topological polar surface area (TPSA) is 76.4 Å². The lowest BCUT2D eigenvalue weighted by Crippen LogP contribution is -2.22. The van der Waals surface area contributed by atoms with E-state index in [2.05, 4.69) is 17.6 Å². The highest BCUT2D eigenvalue weighted by Crippen LogP contribution is 2.30. The van der Waals surface area contributed by atoms with Crippen LogP contribution >= 0.6 is 11.3 Å². The molecule has 1 aliphatic heterocycles. The van der Waals surface area contributed by atoms with Gasteiger partial charge in [-0.15, -0.1) is 11.3 Å². The van der Waals surface area contributed by atoms with Crippen molar-refractivity contribution in [3.05, 3.63) is 10.9 Å². The molecule has 2 unspecified atom stereocenters. The van der Waals surface area contributed by atoms with Crippen LogP contribution in [0.2, 0.25) is 0 Å². The molecule has 1 aromatic rings. The zero-order valence-corrected chi connectivity index (χ0v) is 12.9. The largest absolute Gasteiger partial charge is 0.397 e. The van der Waals surface area contributed by atoms with Crippen LogP contribution in [0.5, 0.6) is 0 Å². The Morgan fingerprint density at radius 2 is 2.35 bits per heavy atom. The van der Waals surface area contributed by atoms with Crippen LogP contribution in [-0.2, 0) is 4.74 Å². The number of anilines is 2. The van der Waals surface area contributed by atoms with E-state index in [-0.39, 0.29) is 5.91 Å². The van der Waals surface area contributed by atoms with Crippen molar-refractivity contribution in [3.63, 3.8) is 0 Å². The molecule has 2 rings (SSSR count). The van der Waals surface area contributed by atoms with Gasteiger partial charge in [0.2, 0.25) is 0 Å². The molecular weight excluding hydrogens is 274 g/mol. The first-order valence-corrected chi connectivity index (χ1v) is 8.00. The maximum Gasteiger partial charge on any atom is 0.263 e. The molecule has 0 aliphatic carbocycles. The van der Waals surface area contributed by atoms with Crippen LogP contribution in [0.1, 0.15) is 36.4 Å². The lowest BCUT2D eigenvalue weighted by molar-refractivity contribution is 0.0900. The Balaban J connectivity index is 1.93. The summed E-state index contributed by atoms with van der Waals surface area (Å²) in [5, 5.41) is 7.11. The Morgan fingerprint density at radius 1 is 1.55 bits per heavy atom. The summed E-state index contributed by atoms with van der Waals surface area (Å²) >= 11 is 1.41. The van der Waals surface area contributed by atoms with Gasteiger partial charge in [0, 0.05) is 25.6 Å². The Hall–Kier alpha value is -1.27. The average Bonchev–Trinajstić information content (AvgIpc) is 3.02. The summed E-state index contributed by atoms with van der Waals surface area (Å²) in [4.78, 5) is 12.4. The third-order valence-corrected chi connectivity index (χ3v) is 4.70. The predicted molar refractivity (Wildman–Crippen MR) is 83.4 cm³/mol. The van der Waals surface area contributed by atoms with Crippen molar-refractivity contribution in [3.8, 4) is 0 Å². The van der Waals surface area contributed by atoms with Crippen molar-refractivity contribution in [2.45, 2.75) is 32.8 Å². The first kappa shape index (κ1) is 15.1. The first-order chi connectivity index (χ1) is 9.65. The SMILES string of the molecule is CCNC(=O)c1sc(NCC2CCOC2CC)cc1N. The van der Waals surface area contributed by atoms with Crippen LogP contribution in [0.15, 0.2) is 6.07 Å². The highest BCUT2D eigenvalue weighted by Gasteiger charge is 2.26. The summed E-state index contributed by atoms with van der Waals surface area (Å²) in [6.45, 7) is 6.37. The molecule has 0 bridgehead atoms. The number of nitrogens with one attached hydrogen (secondary N) is 2. The molecule has 1 aromatic heterocycles. The van der Waals surface area contributed by atoms with Crippen LogP contribution in [-0.4, -0.2) is 31.7 Å². The van der Waals surface area contributed by atoms with E-state index in [1.54, 1.807) is 0 Å². The van der Waals surface area contributed by atoms with Gasteiger partial charge in [-0.05, 0) is 25.8 Å². The molecule has 20 heavy (non-hydrogen) atoms. The molecule has 1 fully saturated rings. The number of carbonyl (C=O) groups is 1. The summed E-state index contributed by atoms with van der Waals surface area (Å²) in [6.07, 6.45) is 2.49. The normalized spacial score (nSPS) is 21.9. The number of nitrogens with two attached hydrogens (primary N) is 1. The second kappa shape index (κ2) is 6.95. The van der Waals surface area contributed by atoms with Crippen LogP contribution in [0.4, 0.5) is 10.7 Å². The Bertz CT molecular complexity index is 461. The summed E-state index contributed by atoms with van der Waals surface area (Å²) in [5.41, 5.74) is 6.43. The lowest BCUT2D eigenvalue weighted by Gasteiger charge is -2.17. The van der Waals surface area contributed by atoms with Crippen LogP contribution in [0.3, 0.4) is 0 Å². The number of ether oxygens (including phenoxy) is 1. The fourth-order valence-corrected chi connectivity index (χ4v) is 3.42. The fourth-order valence-electron chi connectivity index (χ4n) is 2.52. The molecule has 5 nitrogen and oxygen atoms in total. The molecule has 4 N–H and O–H groups in total. The molecule has 1 saturated heterocycles. The highest BCUT2D eigenvalue weighted by molar-refractivity contribution is 7.18. The smallest absolute Gasteiger partial charge is 0.263 e. The number of hydrogen-bond acceptors (Lipinski definition) is 5. The highest BCUT2D eigenvalue weighted by atomic mass is 32.1. The van der Waals surface area contributed by atoms with E-state index in [0.29, 0.717) is 29.1 Å². The third kappa shape index (κ3) is 3.43. The van der Waals surface area contributed by atoms with E-state index in [1.165, 1.54) is 11.3 Å². The van der Waals surface area contributed by atoms with Gasteiger partial charge in [-0.2, -0.15) is 0 Å². The Kier molecular flexibility index (Phi) is 5.25. The van der Waals surface area contributed by atoms with Gasteiger partial charge in [-0.3, -0.25) is 4.79 Å². The second-order valence-corrected chi connectivity index (χ2v) is 6.05.